The van der Waals surface area contributed by atoms with Crippen molar-refractivity contribution < 1.29 is 9.53 Å². The molecule has 0 spiro atoms. The van der Waals surface area contributed by atoms with Gasteiger partial charge in [-0.05, 0) is 38.5 Å². The van der Waals surface area contributed by atoms with Gasteiger partial charge in [-0.15, -0.1) is 0 Å². The molecule has 0 aliphatic rings. The first-order valence-corrected chi connectivity index (χ1v) is 17.1. The number of hydrogen-bond donors (Lipinski definition) is 0. The Kier molecular flexibility index (Phi) is 32.5. The average molecular weight is 521 g/mol. The predicted octanol–water partition coefficient (Wildman–Crippen LogP) is 12.4. The van der Waals surface area contributed by atoms with Gasteiger partial charge in [-0.25, -0.2) is 0 Å². The number of ether oxygens (including phenoxy) is 1. The van der Waals surface area contributed by atoms with Crippen LogP contribution >= 0.6 is 0 Å². The highest BCUT2D eigenvalue weighted by Gasteiger charge is 2.02. The Hall–Kier alpha value is -0.790. The van der Waals surface area contributed by atoms with E-state index in [0.717, 1.165) is 12.8 Å². The Morgan fingerprint density at radius 2 is 0.757 bits per heavy atom. The first-order valence-electron chi connectivity index (χ1n) is 17.1. The van der Waals surface area contributed by atoms with Gasteiger partial charge in [0.2, 0.25) is 0 Å². The van der Waals surface area contributed by atoms with Crippen molar-refractivity contribution in [3.63, 3.8) is 0 Å². The summed E-state index contributed by atoms with van der Waals surface area (Å²) in [5, 5.41) is 0. The minimum absolute atomic E-state index is 0.0201. The Bertz CT molecular complexity index is 456. The van der Waals surface area contributed by atoms with Crippen LogP contribution in [0.5, 0.6) is 0 Å². The number of allylic oxidation sites excluding steroid dienone is 2. The van der Waals surface area contributed by atoms with Crippen LogP contribution in [0.1, 0.15) is 200 Å². The van der Waals surface area contributed by atoms with E-state index >= 15 is 0 Å². The van der Waals surface area contributed by atoms with Crippen LogP contribution in [-0.4, -0.2) is 12.6 Å². The van der Waals surface area contributed by atoms with Crippen molar-refractivity contribution >= 4 is 5.97 Å². The summed E-state index contributed by atoms with van der Waals surface area (Å²) in [4.78, 5) is 11.9. The SMILES string of the molecule is CCCCCCCCC=CCCCCCCCCCC(=O)OCCCCCCCCCCCCCCC. The molecule has 0 aliphatic heterocycles. The van der Waals surface area contributed by atoms with E-state index in [1.165, 1.54) is 167 Å². The molecular weight excluding hydrogens is 452 g/mol. The molecule has 0 bridgehead atoms. The molecule has 0 atom stereocenters. The summed E-state index contributed by atoms with van der Waals surface area (Å²) in [6, 6.07) is 0. The first kappa shape index (κ1) is 36.2. The smallest absolute Gasteiger partial charge is 0.305 e. The number of hydrogen-bond acceptors (Lipinski definition) is 2. The molecular formula is C35H68O2. The van der Waals surface area contributed by atoms with Gasteiger partial charge in [0.25, 0.3) is 0 Å². The maximum absolute atomic E-state index is 11.9. The third-order valence-electron chi connectivity index (χ3n) is 7.65. The van der Waals surface area contributed by atoms with Crippen molar-refractivity contribution in [1.29, 1.82) is 0 Å². The van der Waals surface area contributed by atoms with Gasteiger partial charge in [-0.2, -0.15) is 0 Å². The molecule has 37 heavy (non-hydrogen) atoms. The lowest BCUT2D eigenvalue weighted by Crippen LogP contribution is -2.05. The average Bonchev–Trinajstić information content (AvgIpc) is 2.90. The number of carbonyl (C=O) groups excluding carboxylic acids is 1. The molecule has 0 N–H and O–H groups in total. The molecule has 0 aliphatic carbocycles. The van der Waals surface area contributed by atoms with E-state index in [2.05, 4.69) is 26.0 Å². The molecule has 0 aromatic carbocycles. The molecule has 0 aromatic rings. The molecule has 0 aromatic heterocycles. The molecule has 0 rings (SSSR count). The fourth-order valence-corrected chi connectivity index (χ4v) is 5.07. The van der Waals surface area contributed by atoms with Gasteiger partial charge < -0.3 is 4.74 Å². The second kappa shape index (κ2) is 33.2. The summed E-state index contributed by atoms with van der Waals surface area (Å²) in [7, 11) is 0. The Balaban J connectivity index is 3.18. The van der Waals surface area contributed by atoms with Crippen LogP contribution in [0.3, 0.4) is 0 Å². The van der Waals surface area contributed by atoms with Crippen LogP contribution in [0.4, 0.5) is 0 Å². The van der Waals surface area contributed by atoms with Crippen molar-refractivity contribution in [1.82, 2.24) is 0 Å². The lowest BCUT2D eigenvalue weighted by molar-refractivity contribution is -0.143. The van der Waals surface area contributed by atoms with Crippen molar-refractivity contribution in [3.05, 3.63) is 12.2 Å². The normalized spacial score (nSPS) is 11.5. The molecule has 2 heteroatoms. The van der Waals surface area contributed by atoms with E-state index < -0.39 is 0 Å². The number of rotatable bonds is 31. The van der Waals surface area contributed by atoms with E-state index in [9.17, 15) is 4.79 Å². The lowest BCUT2D eigenvalue weighted by Gasteiger charge is -2.05. The maximum atomic E-state index is 11.9. The topological polar surface area (TPSA) is 26.3 Å². The molecule has 0 saturated heterocycles. The highest BCUT2D eigenvalue weighted by Crippen LogP contribution is 2.14. The highest BCUT2D eigenvalue weighted by atomic mass is 16.5. The lowest BCUT2D eigenvalue weighted by atomic mass is 10.0. The maximum Gasteiger partial charge on any atom is 0.305 e. The standard InChI is InChI=1S/C35H68O2/c1-3-5-7-9-11-13-15-17-18-19-20-21-23-25-27-29-31-33-35(36)37-34-32-30-28-26-24-22-16-14-12-10-8-6-4-2/h17-18H,3-16,19-34H2,1-2H3. The fourth-order valence-electron chi connectivity index (χ4n) is 5.07. The van der Waals surface area contributed by atoms with Crippen molar-refractivity contribution in [2.75, 3.05) is 6.61 Å². The highest BCUT2D eigenvalue weighted by molar-refractivity contribution is 5.69. The molecule has 220 valence electrons. The number of esters is 1. The van der Waals surface area contributed by atoms with E-state index in [4.69, 9.17) is 4.74 Å². The molecule has 2 nitrogen and oxygen atoms in total. The predicted molar refractivity (Wildman–Crippen MR) is 165 cm³/mol. The quantitative estimate of drug-likeness (QED) is 0.0516. The molecule has 0 fully saturated rings. The van der Waals surface area contributed by atoms with Gasteiger partial charge in [-0.3, -0.25) is 4.79 Å². The van der Waals surface area contributed by atoms with E-state index in [0.29, 0.717) is 13.0 Å². The van der Waals surface area contributed by atoms with Gasteiger partial charge in [0.15, 0.2) is 0 Å². The minimum atomic E-state index is 0.0201. The zero-order valence-electron chi connectivity index (χ0n) is 25.7. The molecule has 0 saturated carbocycles. The van der Waals surface area contributed by atoms with E-state index in [1.807, 2.05) is 0 Å². The van der Waals surface area contributed by atoms with Gasteiger partial charge in [0.1, 0.15) is 0 Å². The molecule has 0 heterocycles. The van der Waals surface area contributed by atoms with Crippen molar-refractivity contribution in [2.24, 2.45) is 0 Å². The third kappa shape index (κ3) is 33.2. The second-order valence-corrected chi connectivity index (χ2v) is 11.5. The number of unbranched alkanes of at least 4 members (excludes halogenated alkanes) is 25. The summed E-state index contributed by atoms with van der Waals surface area (Å²) in [6.45, 7) is 5.19. The molecule has 0 amide bonds. The van der Waals surface area contributed by atoms with Gasteiger partial charge in [-0.1, -0.05) is 167 Å². The van der Waals surface area contributed by atoms with Crippen LogP contribution in [0.25, 0.3) is 0 Å². The Labute approximate surface area is 234 Å². The minimum Gasteiger partial charge on any atom is -0.466 e. The van der Waals surface area contributed by atoms with E-state index in [-0.39, 0.29) is 5.97 Å². The third-order valence-corrected chi connectivity index (χ3v) is 7.65. The summed E-state index contributed by atoms with van der Waals surface area (Å²) in [6.07, 6.45) is 42.6. The van der Waals surface area contributed by atoms with Crippen LogP contribution in [0, 0.1) is 0 Å². The molecule has 0 unspecified atom stereocenters. The van der Waals surface area contributed by atoms with Crippen molar-refractivity contribution in [3.8, 4) is 0 Å². The summed E-state index contributed by atoms with van der Waals surface area (Å²) < 4.78 is 5.43. The van der Waals surface area contributed by atoms with Crippen LogP contribution in [0.15, 0.2) is 12.2 Å². The fraction of sp³-hybridized carbons (Fsp3) is 0.914. The van der Waals surface area contributed by atoms with Gasteiger partial charge >= 0.3 is 5.97 Å². The molecule has 0 radical (unpaired) electrons. The van der Waals surface area contributed by atoms with E-state index in [1.54, 1.807) is 0 Å². The van der Waals surface area contributed by atoms with Gasteiger partial charge in [0.05, 0.1) is 6.61 Å². The van der Waals surface area contributed by atoms with Crippen molar-refractivity contribution in [2.45, 2.75) is 200 Å². The zero-order valence-corrected chi connectivity index (χ0v) is 25.7. The summed E-state index contributed by atoms with van der Waals surface area (Å²) >= 11 is 0. The second-order valence-electron chi connectivity index (χ2n) is 11.5. The Morgan fingerprint density at radius 3 is 1.16 bits per heavy atom. The Morgan fingerprint density at radius 1 is 0.432 bits per heavy atom. The number of carbonyl (C=O) groups is 1. The largest absolute Gasteiger partial charge is 0.466 e. The monoisotopic (exact) mass is 521 g/mol. The summed E-state index contributed by atoms with van der Waals surface area (Å²) in [5.74, 6) is 0.0201. The summed E-state index contributed by atoms with van der Waals surface area (Å²) in [5.41, 5.74) is 0. The van der Waals surface area contributed by atoms with Crippen LogP contribution < -0.4 is 0 Å². The van der Waals surface area contributed by atoms with Crippen LogP contribution in [0.2, 0.25) is 0 Å². The zero-order chi connectivity index (χ0) is 26.9. The first-order chi connectivity index (χ1) is 18.3. The van der Waals surface area contributed by atoms with Gasteiger partial charge in [0, 0.05) is 6.42 Å². The van der Waals surface area contributed by atoms with Crippen LogP contribution in [-0.2, 0) is 9.53 Å².